The van der Waals surface area contributed by atoms with Crippen molar-refractivity contribution in [3.05, 3.63) is 0 Å². The molecule has 19 heavy (non-hydrogen) atoms. The van der Waals surface area contributed by atoms with E-state index >= 15 is 0 Å². The third-order valence-electron chi connectivity index (χ3n) is 4.66. The van der Waals surface area contributed by atoms with Crippen molar-refractivity contribution in [2.45, 2.75) is 45.4 Å². The Hall–Kier alpha value is -1.06. The molecule has 2 atom stereocenters. The topological polar surface area (TPSA) is 46.6 Å². The van der Waals surface area contributed by atoms with Crippen molar-refractivity contribution in [3.8, 4) is 0 Å². The molecule has 1 aliphatic carbocycles. The summed E-state index contributed by atoms with van der Waals surface area (Å²) in [6.45, 7) is 3.26. The van der Waals surface area contributed by atoms with Crippen molar-refractivity contribution in [2.24, 2.45) is 17.8 Å². The van der Waals surface area contributed by atoms with Crippen LogP contribution in [0.25, 0.3) is 0 Å². The third kappa shape index (κ3) is 3.48. The van der Waals surface area contributed by atoms with E-state index in [1.807, 2.05) is 11.8 Å². The molecule has 4 heteroatoms. The fourth-order valence-corrected chi connectivity index (χ4v) is 3.40. The SMILES string of the molecule is COC(=O)C1CN(C(=O)CC2CCCCC2)CC1C. The standard InChI is InChI=1S/C15H25NO3/c1-11-9-16(10-13(11)15(18)19-2)14(17)8-12-6-4-3-5-7-12/h11-13H,3-10H2,1-2H3. The van der Waals surface area contributed by atoms with E-state index in [0.717, 1.165) is 0 Å². The smallest absolute Gasteiger partial charge is 0.310 e. The zero-order valence-electron chi connectivity index (χ0n) is 12.1. The fourth-order valence-electron chi connectivity index (χ4n) is 3.40. The Bertz CT molecular complexity index is 336. The second-order valence-electron chi connectivity index (χ2n) is 6.11. The highest BCUT2D eigenvalue weighted by atomic mass is 16.5. The van der Waals surface area contributed by atoms with Crippen molar-refractivity contribution < 1.29 is 14.3 Å². The van der Waals surface area contributed by atoms with Crippen LogP contribution in [0.3, 0.4) is 0 Å². The van der Waals surface area contributed by atoms with Gasteiger partial charge in [-0.3, -0.25) is 9.59 Å². The van der Waals surface area contributed by atoms with Gasteiger partial charge in [0.1, 0.15) is 0 Å². The van der Waals surface area contributed by atoms with Crippen LogP contribution in [0.2, 0.25) is 0 Å². The fraction of sp³-hybridized carbons (Fsp3) is 0.867. The molecule has 1 saturated heterocycles. The highest BCUT2D eigenvalue weighted by Crippen LogP contribution is 2.29. The summed E-state index contributed by atoms with van der Waals surface area (Å²) in [4.78, 5) is 25.8. The molecule has 2 fully saturated rings. The largest absolute Gasteiger partial charge is 0.469 e. The van der Waals surface area contributed by atoms with Gasteiger partial charge in [0.25, 0.3) is 0 Å². The molecule has 1 heterocycles. The van der Waals surface area contributed by atoms with Crippen LogP contribution in [-0.4, -0.2) is 37.0 Å². The maximum absolute atomic E-state index is 12.3. The van der Waals surface area contributed by atoms with Gasteiger partial charge in [0.05, 0.1) is 13.0 Å². The Morgan fingerprint density at radius 1 is 1.16 bits per heavy atom. The van der Waals surface area contributed by atoms with Crippen LogP contribution in [0, 0.1) is 17.8 Å². The molecule has 1 aliphatic heterocycles. The predicted octanol–water partition coefficient (Wildman–Crippen LogP) is 2.22. The molecule has 4 nitrogen and oxygen atoms in total. The number of ether oxygens (including phenoxy) is 1. The molecule has 1 saturated carbocycles. The minimum Gasteiger partial charge on any atom is -0.469 e. The minimum absolute atomic E-state index is 0.139. The third-order valence-corrected chi connectivity index (χ3v) is 4.66. The van der Waals surface area contributed by atoms with E-state index in [0.29, 0.717) is 25.4 Å². The molecule has 0 aromatic rings. The Labute approximate surface area is 115 Å². The van der Waals surface area contributed by atoms with Gasteiger partial charge in [0.2, 0.25) is 5.91 Å². The number of hydrogen-bond acceptors (Lipinski definition) is 3. The maximum Gasteiger partial charge on any atom is 0.310 e. The molecule has 0 N–H and O–H groups in total. The number of esters is 1. The summed E-state index contributed by atoms with van der Waals surface area (Å²) >= 11 is 0. The number of methoxy groups -OCH3 is 1. The van der Waals surface area contributed by atoms with Crippen LogP contribution in [0.5, 0.6) is 0 Å². The average molecular weight is 267 g/mol. The van der Waals surface area contributed by atoms with Crippen LogP contribution in [0.1, 0.15) is 45.4 Å². The molecule has 0 aromatic carbocycles. The van der Waals surface area contributed by atoms with Crippen LogP contribution in [-0.2, 0) is 14.3 Å². The monoisotopic (exact) mass is 267 g/mol. The predicted molar refractivity (Wildman–Crippen MR) is 72.4 cm³/mol. The lowest BCUT2D eigenvalue weighted by Crippen LogP contribution is -2.31. The molecule has 0 radical (unpaired) electrons. The van der Waals surface area contributed by atoms with Gasteiger partial charge in [-0.2, -0.15) is 0 Å². The summed E-state index contributed by atoms with van der Waals surface area (Å²) in [7, 11) is 1.42. The Balaban J connectivity index is 1.85. The van der Waals surface area contributed by atoms with Gasteiger partial charge in [0, 0.05) is 19.5 Å². The summed E-state index contributed by atoms with van der Waals surface area (Å²) in [5.74, 6) is 0.683. The van der Waals surface area contributed by atoms with Gasteiger partial charge in [-0.15, -0.1) is 0 Å². The van der Waals surface area contributed by atoms with Crippen LogP contribution >= 0.6 is 0 Å². The Morgan fingerprint density at radius 3 is 2.47 bits per heavy atom. The summed E-state index contributed by atoms with van der Waals surface area (Å²) in [5, 5.41) is 0. The zero-order valence-corrected chi connectivity index (χ0v) is 12.1. The van der Waals surface area contributed by atoms with Crippen LogP contribution in [0.15, 0.2) is 0 Å². The van der Waals surface area contributed by atoms with E-state index in [9.17, 15) is 9.59 Å². The summed E-state index contributed by atoms with van der Waals surface area (Å²) in [6, 6.07) is 0. The minimum atomic E-state index is -0.180. The molecule has 2 rings (SSSR count). The molecule has 108 valence electrons. The highest BCUT2D eigenvalue weighted by Gasteiger charge is 2.37. The molecule has 0 bridgehead atoms. The van der Waals surface area contributed by atoms with Crippen molar-refractivity contribution in [3.63, 3.8) is 0 Å². The zero-order chi connectivity index (χ0) is 13.8. The molecule has 2 aliphatic rings. The normalized spacial score (nSPS) is 28.4. The maximum atomic E-state index is 12.3. The molecular weight excluding hydrogens is 242 g/mol. The Morgan fingerprint density at radius 2 is 1.84 bits per heavy atom. The van der Waals surface area contributed by atoms with Crippen molar-refractivity contribution in [1.82, 2.24) is 4.90 Å². The molecule has 1 amide bonds. The van der Waals surface area contributed by atoms with Crippen LogP contribution in [0.4, 0.5) is 0 Å². The summed E-state index contributed by atoms with van der Waals surface area (Å²) in [6.07, 6.45) is 6.89. The first-order valence-electron chi connectivity index (χ1n) is 7.47. The number of amides is 1. The quantitative estimate of drug-likeness (QED) is 0.737. The van der Waals surface area contributed by atoms with E-state index in [2.05, 4.69) is 0 Å². The summed E-state index contributed by atoms with van der Waals surface area (Å²) in [5.41, 5.74) is 0. The van der Waals surface area contributed by atoms with Gasteiger partial charge in [-0.05, 0) is 24.7 Å². The number of carbonyl (C=O) groups excluding carboxylic acids is 2. The number of rotatable bonds is 3. The molecular formula is C15H25NO3. The van der Waals surface area contributed by atoms with E-state index in [-0.39, 0.29) is 23.7 Å². The second-order valence-corrected chi connectivity index (χ2v) is 6.11. The average Bonchev–Trinajstić information content (AvgIpc) is 2.81. The highest BCUT2D eigenvalue weighted by molar-refractivity contribution is 5.79. The Kier molecular flexibility index (Phi) is 4.83. The molecule has 0 spiro atoms. The van der Waals surface area contributed by atoms with Gasteiger partial charge >= 0.3 is 5.97 Å². The van der Waals surface area contributed by atoms with Crippen molar-refractivity contribution >= 4 is 11.9 Å². The van der Waals surface area contributed by atoms with E-state index in [4.69, 9.17) is 4.74 Å². The molecule has 0 aromatic heterocycles. The molecule has 2 unspecified atom stereocenters. The number of likely N-dealkylation sites (tertiary alicyclic amines) is 1. The lowest BCUT2D eigenvalue weighted by molar-refractivity contribution is -0.146. The van der Waals surface area contributed by atoms with E-state index < -0.39 is 0 Å². The number of carbonyl (C=O) groups is 2. The summed E-state index contributed by atoms with van der Waals surface area (Å²) < 4.78 is 4.81. The number of hydrogen-bond donors (Lipinski definition) is 0. The van der Waals surface area contributed by atoms with Crippen molar-refractivity contribution in [2.75, 3.05) is 20.2 Å². The van der Waals surface area contributed by atoms with E-state index in [1.165, 1.54) is 39.2 Å². The van der Waals surface area contributed by atoms with Gasteiger partial charge in [-0.25, -0.2) is 0 Å². The number of nitrogens with zero attached hydrogens (tertiary/aromatic N) is 1. The van der Waals surface area contributed by atoms with Gasteiger partial charge in [-0.1, -0.05) is 26.2 Å². The van der Waals surface area contributed by atoms with E-state index in [1.54, 1.807) is 0 Å². The van der Waals surface area contributed by atoms with Crippen LogP contribution < -0.4 is 0 Å². The second kappa shape index (κ2) is 6.40. The first-order valence-corrected chi connectivity index (χ1v) is 7.47. The van der Waals surface area contributed by atoms with Crippen molar-refractivity contribution in [1.29, 1.82) is 0 Å². The van der Waals surface area contributed by atoms with Gasteiger partial charge < -0.3 is 9.64 Å². The van der Waals surface area contributed by atoms with Gasteiger partial charge in [0.15, 0.2) is 0 Å². The lowest BCUT2D eigenvalue weighted by Gasteiger charge is -2.24. The first-order chi connectivity index (χ1) is 9.11. The first kappa shape index (κ1) is 14.4. The lowest BCUT2D eigenvalue weighted by atomic mass is 9.87.